The molecule has 0 fully saturated rings. The molecule has 0 aliphatic rings. The minimum Gasteiger partial charge on any atom is -0.310 e. The Kier molecular flexibility index (Phi) is 8.46. The van der Waals surface area contributed by atoms with Crippen LogP contribution in [0.2, 0.25) is 0 Å². The van der Waals surface area contributed by atoms with Crippen molar-refractivity contribution in [2.75, 3.05) is 26.4 Å². The lowest BCUT2D eigenvalue weighted by Crippen LogP contribution is -2.41. The zero-order chi connectivity index (χ0) is 12.6. The van der Waals surface area contributed by atoms with Crippen LogP contribution in [-0.2, 0) is 9.59 Å². The molecule has 0 aromatic carbocycles. The number of carbonyl (C=O) groups excluding carboxylic acids is 2. The second kappa shape index (κ2) is 8.69. The second-order valence-corrected chi connectivity index (χ2v) is 4.47. The lowest BCUT2D eigenvalue weighted by Gasteiger charge is -2.15. The molecule has 0 bridgehead atoms. The van der Waals surface area contributed by atoms with E-state index in [4.69, 9.17) is 0 Å². The molecular weight excluding hydrogens is 226 g/mol. The summed E-state index contributed by atoms with van der Waals surface area (Å²) in [5.74, 6) is 0.876. The Balaban J connectivity index is 3.73. The van der Waals surface area contributed by atoms with Gasteiger partial charge in [-0.25, -0.2) is 0 Å². The van der Waals surface area contributed by atoms with E-state index in [1.807, 2.05) is 0 Å². The number of carbonyl (C=O) groups is 2. The van der Waals surface area contributed by atoms with Crippen molar-refractivity contribution in [3.8, 4) is 0 Å². The van der Waals surface area contributed by atoms with Crippen molar-refractivity contribution in [3.05, 3.63) is 0 Å². The first-order valence-electron chi connectivity index (χ1n) is 5.23. The fourth-order valence-corrected chi connectivity index (χ4v) is 2.11. The van der Waals surface area contributed by atoms with Gasteiger partial charge in [-0.2, -0.15) is 0 Å². The summed E-state index contributed by atoms with van der Waals surface area (Å²) in [6, 6.07) is -0.305. The summed E-state index contributed by atoms with van der Waals surface area (Å²) in [5, 5.41) is 5.85. The number of rotatable bonds is 9. The van der Waals surface area contributed by atoms with Crippen LogP contribution in [-0.4, -0.2) is 50.0 Å². The summed E-state index contributed by atoms with van der Waals surface area (Å²) in [6.07, 6.45) is 0. The first-order valence-corrected chi connectivity index (χ1v) is 6.21. The van der Waals surface area contributed by atoms with Gasteiger partial charge in [-0.15, -0.1) is 0 Å². The highest BCUT2D eigenvalue weighted by Crippen LogP contribution is 1.99. The van der Waals surface area contributed by atoms with Crippen LogP contribution in [0.25, 0.3) is 0 Å². The average Bonchev–Trinajstić information content (AvgIpc) is 2.22. The second-order valence-electron chi connectivity index (χ2n) is 3.56. The fraction of sp³-hybridized carbons (Fsp3) is 0.800. The molecule has 6 heteroatoms. The van der Waals surface area contributed by atoms with Crippen LogP contribution in [0.15, 0.2) is 0 Å². The van der Waals surface area contributed by atoms with Crippen LogP contribution in [0.5, 0.6) is 0 Å². The Morgan fingerprint density at radius 3 is 1.94 bits per heavy atom. The SMILES string of the molecule is CNC(CSNC[C@H](NC)C(C)=O)C(C)=O. The monoisotopic (exact) mass is 247 g/mol. The molecule has 5 nitrogen and oxygen atoms in total. The summed E-state index contributed by atoms with van der Waals surface area (Å²) in [5.41, 5.74) is 0. The van der Waals surface area contributed by atoms with Gasteiger partial charge in [-0.3, -0.25) is 14.3 Å². The molecule has 0 rings (SSSR count). The standard InChI is InChI=1S/C10H21N3O2S/c1-7(14)9(11-3)5-13-16-6-10(12-4)8(2)15/h9-13H,5-6H2,1-4H3/t9-,10?/m0/s1. The van der Waals surface area contributed by atoms with Gasteiger partial charge in [-0.05, 0) is 27.9 Å². The molecule has 0 aliphatic carbocycles. The third kappa shape index (κ3) is 6.22. The molecule has 0 amide bonds. The number of hydrogen-bond acceptors (Lipinski definition) is 6. The van der Waals surface area contributed by atoms with Crippen molar-refractivity contribution in [2.24, 2.45) is 0 Å². The summed E-state index contributed by atoms with van der Waals surface area (Å²) >= 11 is 1.45. The van der Waals surface area contributed by atoms with E-state index >= 15 is 0 Å². The van der Waals surface area contributed by atoms with Gasteiger partial charge in [0.15, 0.2) is 0 Å². The largest absolute Gasteiger partial charge is 0.310 e. The Morgan fingerprint density at radius 2 is 1.56 bits per heavy atom. The van der Waals surface area contributed by atoms with Crippen molar-refractivity contribution in [1.82, 2.24) is 15.4 Å². The normalized spacial score (nSPS) is 14.5. The Morgan fingerprint density at radius 1 is 1.06 bits per heavy atom. The van der Waals surface area contributed by atoms with E-state index in [2.05, 4.69) is 15.4 Å². The Bertz CT molecular complexity index is 212. The Labute approximate surface area is 101 Å². The molecule has 0 aromatic rings. The molecule has 0 saturated heterocycles. The van der Waals surface area contributed by atoms with Crippen molar-refractivity contribution >= 4 is 23.5 Å². The predicted molar refractivity (Wildman–Crippen MR) is 67.5 cm³/mol. The highest BCUT2D eigenvalue weighted by Gasteiger charge is 2.13. The smallest absolute Gasteiger partial charge is 0.148 e. The van der Waals surface area contributed by atoms with E-state index in [0.717, 1.165) is 0 Å². The third-order valence-electron chi connectivity index (χ3n) is 2.32. The summed E-state index contributed by atoms with van der Waals surface area (Å²) in [7, 11) is 3.52. The van der Waals surface area contributed by atoms with Crippen LogP contribution in [0.1, 0.15) is 13.8 Å². The van der Waals surface area contributed by atoms with Gasteiger partial charge in [0.25, 0.3) is 0 Å². The molecule has 16 heavy (non-hydrogen) atoms. The number of hydrogen-bond donors (Lipinski definition) is 3. The van der Waals surface area contributed by atoms with Gasteiger partial charge < -0.3 is 10.6 Å². The average molecular weight is 247 g/mol. The first kappa shape index (κ1) is 15.6. The van der Waals surface area contributed by atoms with E-state index in [0.29, 0.717) is 12.3 Å². The van der Waals surface area contributed by atoms with Gasteiger partial charge in [0, 0.05) is 12.3 Å². The number of Topliss-reactive ketones (excluding diaryl/α,β-unsaturated/α-hetero) is 2. The van der Waals surface area contributed by atoms with Crippen LogP contribution in [0.3, 0.4) is 0 Å². The van der Waals surface area contributed by atoms with E-state index < -0.39 is 0 Å². The molecule has 0 radical (unpaired) electrons. The van der Waals surface area contributed by atoms with Gasteiger partial charge in [-0.1, -0.05) is 11.9 Å². The highest BCUT2D eigenvalue weighted by atomic mass is 32.2. The zero-order valence-electron chi connectivity index (χ0n) is 10.3. The van der Waals surface area contributed by atoms with E-state index in [1.54, 1.807) is 27.9 Å². The summed E-state index contributed by atoms with van der Waals surface area (Å²) in [4.78, 5) is 22.2. The Hall–Kier alpha value is -0.430. The summed E-state index contributed by atoms with van der Waals surface area (Å²) in [6.45, 7) is 3.68. The van der Waals surface area contributed by atoms with Gasteiger partial charge in [0.1, 0.15) is 11.6 Å². The predicted octanol–water partition coefficient (Wildman–Crippen LogP) is -0.422. The molecule has 1 unspecified atom stereocenters. The molecule has 0 saturated carbocycles. The number of ketones is 2. The maximum absolute atomic E-state index is 11.1. The van der Waals surface area contributed by atoms with E-state index in [-0.39, 0.29) is 23.7 Å². The van der Waals surface area contributed by atoms with Crippen LogP contribution in [0, 0.1) is 0 Å². The minimum absolute atomic E-state index is 0.104. The van der Waals surface area contributed by atoms with Crippen LogP contribution < -0.4 is 15.4 Å². The highest BCUT2D eigenvalue weighted by molar-refractivity contribution is 7.97. The quantitative estimate of drug-likeness (QED) is 0.380. The van der Waals surface area contributed by atoms with Gasteiger partial charge in [0.2, 0.25) is 0 Å². The zero-order valence-corrected chi connectivity index (χ0v) is 11.1. The number of likely N-dealkylation sites (N-methyl/N-ethyl adjacent to an activating group) is 2. The molecule has 2 atom stereocenters. The number of nitrogens with one attached hydrogen (secondary N) is 3. The van der Waals surface area contributed by atoms with Crippen LogP contribution in [0.4, 0.5) is 0 Å². The molecule has 3 N–H and O–H groups in total. The first-order chi connectivity index (χ1) is 7.52. The molecule has 94 valence electrons. The molecule has 0 heterocycles. The minimum atomic E-state index is -0.169. The molecule has 0 spiro atoms. The topological polar surface area (TPSA) is 70.2 Å². The fourth-order valence-electron chi connectivity index (χ4n) is 1.14. The maximum Gasteiger partial charge on any atom is 0.148 e. The van der Waals surface area contributed by atoms with Crippen LogP contribution >= 0.6 is 11.9 Å². The van der Waals surface area contributed by atoms with E-state index in [9.17, 15) is 9.59 Å². The van der Waals surface area contributed by atoms with E-state index in [1.165, 1.54) is 11.9 Å². The molecular formula is C10H21N3O2S. The lowest BCUT2D eigenvalue weighted by molar-refractivity contribution is -0.119. The lowest BCUT2D eigenvalue weighted by atomic mass is 10.2. The third-order valence-corrected chi connectivity index (χ3v) is 3.19. The van der Waals surface area contributed by atoms with Gasteiger partial charge >= 0.3 is 0 Å². The van der Waals surface area contributed by atoms with Crippen molar-refractivity contribution in [2.45, 2.75) is 25.9 Å². The van der Waals surface area contributed by atoms with Crippen molar-refractivity contribution < 1.29 is 9.59 Å². The molecule has 0 aliphatic heterocycles. The molecule has 0 aromatic heterocycles. The summed E-state index contributed by atoms with van der Waals surface area (Å²) < 4.78 is 3.08. The van der Waals surface area contributed by atoms with Crippen molar-refractivity contribution in [1.29, 1.82) is 0 Å². The van der Waals surface area contributed by atoms with Crippen molar-refractivity contribution in [3.63, 3.8) is 0 Å². The van der Waals surface area contributed by atoms with Gasteiger partial charge in [0.05, 0.1) is 12.1 Å². The maximum atomic E-state index is 11.1.